The highest BCUT2D eigenvalue weighted by atomic mass is 16.5. The van der Waals surface area contributed by atoms with Crippen LogP contribution in [0.15, 0.2) is 18.3 Å². The van der Waals surface area contributed by atoms with Gasteiger partial charge in [0, 0.05) is 27.0 Å². The first-order chi connectivity index (χ1) is 8.74. The Morgan fingerprint density at radius 2 is 2.22 bits per heavy atom. The summed E-state index contributed by atoms with van der Waals surface area (Å²) >= 11 is 0. The van der Waals surface area contributed by atoms with Crippen LogP contribution in [-0.2, 0) is 9.47 Å². The van der Waals surface area contributed by atoms with E-state index >= 15 is 0 Å². The van der Waals surface area contributed by atoms with Crippen molar-refractivity contribution in [2.75, 3.05) is 38.9 Å². The quantitative estimate of drug-likeness (QED) is 0.732. The van der Waals surface area contributed by atoms with Gasteiger partial charge in [-0.1, -0.05) is 0 Å². The number of nitrogens with zero attached hydrogens (tertiary/aromatic N) is 3. The first kappa shape index (κ1) is 14.4. The van der Waals surface area contributed by atoms with Crippen LogP contribution in [0.5, 0.6) is 0 Å². The Morgan fingerprint density at radius 3 is 2.83 bits per heavy atom. The van der Waals surface area contributed by atoms with Gasteiger partial charge in [-0.2, -0.15) is 5.26 Å². The van der Waals surface area contributed by atoms with Gasteiger partial charge in [-0.05, 0) is 19.1 Å². The molecule has 0 radical (unpaired) electrons. The minimum Gasteiger partial charge on any atom is -0.383 e. The predicted molar refractivity (Wildman–Crippen MR) is 69.5 cm³/mol. The first-order valence-electron chi connectivity index (χ1n) is 5.84. The molecule has 1 aromatic heterocycles. The van der Waals surface area contributed by atoms with Crippen molar-refractivity contribution in [2.24, 2.45) is 0 Å². The molecule has 5 heteroatoms. The summed E-state index contributed by atoms with van der Waals surface area (Å²) in [6, 6.07) is 5.82. The van der Waals surface area contributed by atoms with Crippen LogP contribution in [0.2, 0.25) is 0 Å². The summed E-state index contributed by atoms with van der Waals surface area (Å²) in [6.07, 6.45) is 1.69. The standard InChI is InChI=1S/C13H19N3O2/c1-11(10-18-3)16(7-8-17-2)13-12(9-14)5-4-6-15-13/h4-6,11H,7-8,10H2,1-3H3. The molecular formula is C13H19N3O2. The molecule has 0 saturated heterocycles. The topological polar surface area (TPSA) is 58.4 Å². The molecule has 1 rings (SSSR count). The molecule has 98 valence electrons. The molecule has 0 bridgehead atoms. The summed E-state index contributed by atoms with van der Waals surface area (Å²) in [5.74, 6) is 0.682. The van der Waals surface area contributed by atoms with Crippen LogP contribution in [0.4, 0.5) is 5.82 Å². The van der Waals surface area contributed by atoms with Crippen molar-refractivity contribution < 1.29 is 9.47 Å². The van der Waals surface area contributed by atoms with Crippen LogP contribution in [0, 0.1) is 11.3 Å². The van der Waals surface area contributed by atoms with Crippen LogP contribution in [0.1, 0.15) is 12.5 Å². The third kappa shape index (κ3) is 3.69. The Kier molecular flexibility index (Phi) is 6.12. The third-order valence-corrected chi connectivity index (χ3v) is 2.66. The average Bonchev–Trinajstić information content (AvgIpc) is 2.40. The van der Waals surface area contributed by atoms with Crippen LogP contribution in [0.25, 0.3) is 0 Å². The normalized spacial score (nSPS) is 11.9. The zero-order chi connectivity index (χ0) is 13.4. The Morgan fingerprint density at radius 1 is 1.44 bits per heavy atom. The van der Waals surface area contributed by atoms with E-state index in [1.165, 1.54) is 0 Å². The molecule has 0 N–H and O–H groups in total. The number of hydrogen-bond donors (Lipinski definition) is 0. The molecule has 18 heavy (non-hydrogen) atoms. The van der Waals surface area contributed by atoms with Gasteiger partial charge in [0.25, 0.3) is 0 Å². The van der Waals surface area contributed by atoms with E-state index in [2.05, 4.69) is 11.1 Å². The molecule has 1 atom stereocenters. The van der Waals surface area contributed by atoms with Crippen LogP contribution in [-0.4, -0.2) is 45.0 Å². The highest BCUT2D eigenvalue weighted by molar-refractivity contribution is 5.54. The lowest BCUT2D eigenvalue weighted by atomic mass is 10.2. The lowest BCUT2D eigenvalue weighted by Crippen LogP contribution is -2.39. The van der Waals surface area contributed by atoms with E-state index in [0.29, 0.717) is 31.1 Å². The first-order valence-corrected chi connectivity index (χ1v) is 5.84. The van der Waals surface area contributed by atoms with Crippen molar-refractivity contribution in [3.05, 3.63) is 23.9 Å². The lowest BCUT2D eigenvalue weighted by molar-refractivity contribution is 0.170. The summed E-state index contributed by atoms with van der Waals surface area (Å²) in [5.41, 5.74) is 0.566. The maximum atomic E-state index is 9.13. The second kappa shape index (κ2) is 7.64. The van der Waals surface area contributed by atoms with Crippen molar-refractivity contribution in [2.45, 2.75) is 13.0 Å². The molecule has 0 aliphatic rings. The van der Waals surface area contributed by atoms with Gasteiger partial charge < -0.3 is 14.4 Å². The number of hydrogen-bond acceptors (Lipinski definition) is 5. The zero-order valence-electron chi connectivity index (χ0n) is 11.1. The number of ether oxygens (including phenoxy) is 2. The van der Waals surface area contributed by atoms with Gasteiger partial charge in [-0.15, -0.1) is 0 Å². The van der Waals surface area contributed by atoms with Crippen molar-refractivity contribution in [1.82, 2.24) is 4.98 Å². The van der Waals surface area contributed by atoms with E-state index in [4.69, 9.17) is 14.7 Å². The maximum Gasteiger partial charge on any atom is 0.146 e. The molecule has 5 nitrogen and oxygen atoms in total. The SMILES string of the molecule is COCCN(c1ncccc1C#N)C(C)COC. The summed E-state index contributed by atoms with van der Waals surface area (Å²) in [6.45, 7) is 3.86. The van der Waals surface area contributed by atoms with Crippen LogP contribution in [0.3, 0.4) is 0 Å². The number of rotatable bonds is 7. The summed E-state index contributed by atoms with van der Waals surface area (Å²) in [4.78, 5) is 6.33. The highest BCUT2D eigenvalue weighted by Gasteiger charge is 2.18. The van der Waals surface area contributed by atoms with Gasteiger partial charge in [-0.3, -0.25) is 0 Å². The fraction of sp³-hybridized carbons (Fsp3) is 0.538. The van der Waals surface area contributed by atoms with E-state index in [-0.39, 0.29) is 6.04 Å². The maximum absolute atomic E-state index is 9.13. The van der Waals surface area contributed by atoms with Gasteiger partial charge >= 0.3 is 0 Å². The van der Waals surface area contributed by atoms with Gasteiger partial charge in [0.05, 0.1) is 24.8 Å². The number of aromatic nitrogens is 1. The van der Waals surface area contributed by atoms with Crippen molar-refractivity contribution in [3.8, 4) is 6.07 Å². The number of pyridine rings is 1. The fourth-order valence-corrected chi connectivity index (χ4v) is 1.77. The smallest absolute Gasteiger partial charge is 0.146 e. The molecule has 1 heterocycles. The average molecular weight is 249 g/mol. The van der Waals surface area contributed by atoms with Crippen molar-refractivity contribution in [3.63, 3.8) is 0 Å². The molecule has 0 saturated carbocycles. The highest BCUT2D eigenvalue weighted by Crippen LogP contribution is 2.18. The molecule has 1 aromatic rings. The minimum absolute atomic E-state index is 0.132. The molecule has 0 fully saturated rings. The number of nitriles is 1. The molecule has 0 aliphatic heterocycles. The van der Waals surface area contributed by atoms with Gasteiger partial charge in [-0.25, -0.2) is 4.98 Å². The predicted octanol–water partition coefficient (Wildman–Crippen LogP) is 1.44. The summed E-state index contributed by atoms with van der Waals surface area (Å²) in [5, 5.41) is 9.13. The summed E-state index contributed by atoms with van der Waals surface area (Å²) < 4.78 is 10.3. The Bertz CT molecular complexity index is 403. The van der Waals surface area contributed by atoms with E-state index in [1.54, 1.807) is 32.5 Å². The minimum atomic E-state index is 0.132. The molecule has 0 aliphatic carbocycles. The van der Waals surface area contributed by atoms with Gasteiger partial charge in [0.15, 0.2) is 0 Å². The molecule has 0 amide bonds. The largest absolute Gasteiger partial charge is 0.383 e. The van der Waals surface area contributed by atoms with E-state index < -0.39 is 0 Å². The molecule has 0 aromatic carbocycles. The molecule has 0 spiro atoms. The Balaban J connectivity index is 2.97. The monoisotopic (exact) mass is 249 g/mol. The van der Waals surface area contributed by atoms with Crippen LogP contribution < -0.4 is 4.90 Å². The van der Waals surface area contributed by atoms with Gasteiger partial charge in [0.1, 0.15) is 11.9 Å². The molecular weight excluding hydrogens is 230 g/mol. The van der Waals surface area contributed by atoms with Crippen LogP contribution >= 0.6 is 0 Å². The second-order valence-corrected chi connectivity index (χ2v) is 3.98. The van der Waals surface area contributed by atoms with Gasteiger partial charge in [0.2, 0.25) is 0 Å². The number of anilines is 1. The van der Waals surface area contributed by atoms with E-state index in [0.717, 1.165) is 0 Å². The van der Waals surface area contributed by atoms with Crippen molar-refractivity contribution in [1.29, 1.82) is 5.26 Å². The van der Waals surface area contributed by atoms with E-state index in [9.17, 15) is 0 Å². The second-order valence-electron chi connectivity index (χ2n) is 3.98. The Labute approximate surface area is 108 Å². The Hall–Kier alpha value is -1.64. The summed E-state index contributed by atoms with van der Waals surface area (Å²) in [7, 11) is 3.32. The fourth-order valence-electron chi connectivity index (χ4n) is 1.77. The van der Waals surface area contributed by atoms with E-state index in [1.807, 2.05) is 11.8 Å². The van der Waals surface area contributed by atoms with Crippen molar-refractivity contribution >= 4 is 5.82 Å². The third-order valence-electron chi connectivity index (χ3n) is 2.66. The zero-order valence-corrected chi connectivity index (χ0v) is 11.1. The molecule has 1 unspecified atom stereocenters. The lowest BCUT2D eigenvalue weighted by Gasteiger charge is -2.30. The number of methoxy groups -OCH3 is 2.